The van der Waals surface area contributed by atoms with Gasteiger partial charge in [-0.1, -0.05) is 23.5 Å². The minimum Gasteiger partial charge on any atom is -0.496 e. The normalized spacial score (nSPS) is 17.0. The van der Waals surface area contributed by atoms with Crippen LogP contribution in [-0.2, 0) is 0 Å². The highest BCUT2D eigenvalue weighted by atomic mass is 32.1. The smallest absolute Gasteiger partial charge is 0.267 e. The zero-order chi connectivity index (χ0) is 18.4. The lowest BCUT2D eigenvalue weighted by atomic mass is 10.1. The predicted molar refractivity (Wildman–Crippen MR) is 104 cm³/mol. The molecule has 2 fully saturated rings. The van der Waals surface area contributed by atoms with E-state index >= 15 is 0 Å². The van der Waals surface area contributed by atoms with Crippen molar-refractivity contribution in [2.24, 2.45) is 0 Å². The van der Waals surface area contributed by atoms with Crippen LogP contribution in [0.25, 0.3) is 11.3 Å². The number of para-hydroxylation sites is 1. The van der Waals surface area contributed by atoms with Gasteiger partial charge in [-0.15, -0.1) is 10.2 Å². The number of rotatable bonds is 5. The quantitative estimate of drug-likeness (QED) is 0.677. The van der Waals surface area contributed by atoms with Crippen molar-refractivity contribution in [1.82, 2.24) is 20.0 Å². The molecule has 0 spiro atoms. The largest absolute Gasteiger partial charge is 0.496 e. The molecule has 1 aliphatic heterocycles. The van der Waals surface area contributed by atoms with Crippen molar-refractivity contribution in [3.63, 3.8) is 0 Å². The SMILES string of the molecule is COc1ccccc1-c1ccc(=O)n(C2CN(c3nnc(C4CC4)s3)C2)n1. The Hall–Kier alpha value is -2.74. The van der Waals surface area contributed by atoms with Gasteiger partial charge >= 0.3 is 0 Å². The molecule has 0 N–H and O–H groups in total. The summed E-state index contributed by atoms with van der Waals surface area (Å²) in [5, 5.41) is 15.3. The second kappa shape index (κ2) is 6.45. The lowest BCUT2D eigenvalue weighted by Crippen LogP contribution is -2.51. The van der Waals surface area contributed by atoms with E-state index < -0.39 is 0 Å². The number of benzene rings is 1. The maximum atomic E-state index is 12.4. The molecule has 1 aliphatic carbocycles. The summed E-state index contributed by atoms with van der Waals surface area (Å²) in [4.78, 5) is 14.5. The first kappa shape index (κ1) is 16.4. The zero-order valence-electron chi connectivity index (χ0n) is 14.9. The first-order valence-corrected chi connectivity index (χ1v) is 9.86. The Balaban J connectivity index is 1.37. The van der Waals surface area contributed by atoms with E-state index in [1.807, 2.05) is 24.3 Å². The van der Waals surface area contributed by atoms with Gasteiger partial charge < -0.3 is 9.64 Å². The second-order valence-electron chi connectivity index (χ2n) is 6.96. The topological polar surface area (TPSA) is 73.1 Å². The highest BCUT2D eigenvalue weighted by Crippen LogP contribution is 2.43. The summed E-state index contributed by atoms with van der Waals surface area (Å²) in [6.45, 7) is 1.45. The molecule has 1 saturated carbocycles. The van der Waals surface area contributed by atoms with Crippen molar-refractivity contribution in [2.75, 3.05) is 25.1 Å². The Bertz CT molecular complexity index is 1040. The second-order valence-corrected chi connectivity index (χ2v) is 7.95. The number of anilines is 1. The fourth-order valence-corrected chi connectivity index (χ4v) is 4.33. The molecule has 138 valence electrons. The highest BCUT2D eigenvalue weighted by Gasteiger charge is 2.34. The monoisotopic (exact) mass is 381 g/mol. The molecule has 0 unspecified atom stereocenters. The van der Waals surface area contributed by atoms with Crippen molar-refractivity contribution < 1.29 is 4.74 Å². The number of methoxy groups -OCH3 is 1. The van der Waals surface area contributed by atoms with E-state index in [9.17, 15) is 4.79 Å². The van der Waals surface area contributed by atoms with Gasteiger partial charge in [-0.3, -0.25) is 4.79 Å². The number of aromatic nitrogens is 4. The van der Waals surface area contributed by atoms with Gasteiger partial charge in [0.2, 0.25) is 5.13 Å². The lowest BCUT2D eigenvalue weighted by molar-refractivity contribution is 0.354. The third-order valence-electron chi connectivity index (χ3n) is 5.04. The molecule has 1 aromatic carbocycles. The van der Waals surface area contributed by atoms with E-state index in [1.165, 1.54) is 12.8 Å². The summed E-state index contributed by atoms with van der Waals surface area (Å²) in [7, 11) is 1.64. The van der Waals surface area contributed by atoms with Crippen LogP contribution in [-0.4, -0.2) is 40.2 Å². The maximum absolute atomic E-state index is 12.4. The Labute approximate surface area is 160 Å². The van der Waals surface area contributed by atoms with E-state index in [4.69, 9.17) is 4.74 Å². The lowest BCUT2D eigenvalue weighted by Gasteiger charge is -2.38. The summed E-state index contributed by atoms with van der Waals surface area (Å²) in [5.74, 6) is 1.36. The fraction of sp³-hybridized carbons (Fsp3) is 0.368. The molecule has 0 radical (unpaired) electrons. The van der Waals surface area contributed by atoms with Crippen molar-refractivity contribution >= 4 is 16.5 Å². The van der Waals surface area contributed by atoms with Crippen LogP contribution in [0, 0.1) is 0 Å². The number of nitrogens with zero attached hydrogens (tertiary/aromatic N) is 5. The van der Waals surface area contributed by atoms with Crippen molar-refractivity contribution in [3.8, 4) is 17.0 Å². The van der Waals surface area contributed by atoms with E-state index in [0.29, 0.717) is 5.92 Å². The molecular formula is C19H19N5O2S. The third-order valence-corrected chi connectivity index (χ3v) is 6.19. The van der Waals surface area contributed by atoms with Crippen LogP contribution in [0.5, 0.6) is 5.75 Å². The Morgan fingerprint density at radius 2 is 1.93 bits per heavy atom. The zero-order valence-corrected chi connectivity index (χ0v) is 15.7. The Morgan fingerprint density at radius 3 is 2.70 bits per heavy atom. The minimum absolute atomic E-state index is 0.0421. The molecule has 5 rings (SSSR count). The number of ether oxygens (including phenoxy) is 1. The maximum Gasteiger partial charge on any atom is 0.267 e. The van der Waals surface area contributed by atoms with Crippen LogP contribution >= 0.6 is 11.3 Å². The summed E-state index contributed by atoms with van der Waals surface area (Å²) in [5.41, 5.74) is 1.52. The van der Waals surface area contributed by atoms with Gasteiger partial charge in [0.1, 0.15) is 10.8 Å². The van der Waals surface area contributed by atoms with Crippen molar-refractivity contribution in [3.05, 3.63) is 51.8 Å². The fourth-order valence-electron chi connectivity index (χ4n) is 3.30. The van der Waals surface area contributed by atoms with Gasteiger partial charge in [0.15, 0.2) is 0 Å². The minimum atomic E-state index is -0.0887. The molecule has 0 amide bonds. The first-order valence-electron chi connectivity index (χ1n) is 9.04. The molecular weight excluding hydrogens is 362 g/mol. The third kappa shape index (κ3) is 2.99. The van der Waals surface area contributed by atoms with Gasteiger partial charge in [-0.2, -0.15) is 5.10 Å². The van der Waals surface area contributed by atoms with Crippen LogP contribution < -0.4 is 15.2 Å². The summed E-state index contributed by atoms with van der Waals surface area (Å²) in [6, 6.07) is 11.1. The van der Waals surface area contributed by atoms with Crippen LogP contribution in [0.2, 0.25) is 0 Å². The molecule has 7 nitrogen and oxygen atoms in total. The average Bonchev–Trinajstić information content (AvgIpc) is 3.40. The first-order chi connectivity index (χ1) is 13.2. The Morgan fingerprint density at radius 1 is 1.11 bits per heavy atom. The van der Waals surface area contributed by atoms with Crippen LogP contribution in [0.15, 0.2) is 41.2 Å². The molecule has 3 aromatic rings. The van der Waals surface area contributed by atoms with Gasteiger partial charge in [-0.25, -0.2) is 4.68 Å². The van der Waals surface area contributed by atoms with E-state index in [1.54, 1.807) is 35.3 Å². The standard InChI is InChI=1S/C19H19N5O2S/c1-26-16-5-3-2-4-14(16)15-8-9-17(25)24(22-15)13-10-23(11-13)19-21-20-18(27-19)12-6-7-12/h2-5,8-9,12-13H,6-7,10-11H2,1H3. The average molecular weight is 381 g/mol. The summed E-state index contributed by atoms with van der Waals surface area (Å²) in [6.07, 6.45) is 2.46. The molecule has 2 aliphatic rings. The van der Waals surface area contributed by atoms with E-state index in [-0.39, 0.29) is 11.6 Å². The molecule has 2 aromatic heterocycles. The molecule has 0 bridgehead atoms. The molecule has 8 heteroatoms. The van der Waals surface area contributed by atoms with Gasteiger partial charge in [-0.05, 0) is 31.0 Å². The van der Waals surface area contributed by atoms with Crippen molar-refractivity contribution in [2.45, 2.75) is 24.8 Å². The van der Waals surface area contributed by atoms with E-state index in [0.717, 1.165) is 40.2 Å². The molecule has 0 atom stereocenters. The van der Waals surface area contributed by atoms with Gasteiger partial charge in [0.25, 0.3) is 5.56 Å². The molecule has 27 heavy (non-hydrogen) atoms. The number of hydrogen-bond acceptors (Lipinski definition) is 7. The van der Waals surface area contributed by atoms with Gasteiger partial charge in [0, 0.05) is 30.6 Å². The molecule has 3 heterocycles. The highest BCUT2D eigenvalue weighted by molar-refractivity contribution is 7.15. The van der Waals surface area contributed by atoms with Crippen LogP contribution in [0.1, 0.15) is 29.8 Å². The molecule has 1 saturated heterocycles. The summed E-state index contributed by atoms with van der Waals surface area (Å²) < 4.78 is 7.01. The predicted octanol–water partition coefficient (Wildman–Crippen LogP) is 2.71. The van der Waals surface area contributed by atoms with Crippen molar-refractivity contribution in [1.29, 1.82) is 0 Å². The van der Waals surface area contributed by atoms with Crippen LogP contribution in [0.4, 0.5) is 5.13 Å². The summed E-state index contributed by atoms with van der Waals surface area (Å²) >= 11 is 1.67. The van der Waals surface area contributed by atoms with Gasteiger partial charge in [0.05, 0.1) is 18.8 Å². The number of hydrogen-bond donors (Lipinski definition) is 0. The van der Waals surface area contributed by atoms with Crippen LogP contribution in [0.3, 0.4) is 0 Å². The Kier molecular flexibility index (Phi) is 3.93. The van der Waals surface area contributed by atoms with E-state index in [2.05, 4.69) is 20.2 Å².